The summed E-state index contributed by atoms with van der Waals surface area (Å²) in [5.41, 5.74) is 4.17. The van der Waals surface area contributed by atoms with E-state index in [1.54, 1.807) is 18.2 Å². The zero-order chi connectivity index (χ0) is 27.6. The average Bonchev–Trinajstić information content (AvgIpc) is 3.56. The number of aliphatic hydroxyl groups is 1. The normalized spacial score (nSPS) is 19.9. The monoisotopic (exact) mass is 541 g/mol. The molecule has 0 radical (unpaired) electrons. The van der Waals surface area contributed by atoms with E-state index in [0.29, 0.717) is 28.4 Å². The van der Waals surface area contributed by atoms with Crippen molar-refractivity contribution >= 4 is 49.8 Å². The van der Waals surface area contributed by atoms with Gasteiger partial charge in [0, 0.05) is 24.1 Å². The van der Waals surface area contributed by atoms with Crippen LogP contribution in [0.3, 0.4) is 0 Å². The summed E-state index contributed by atoms with van der Waals surface area (Å²) in [7, 11) is 0. The molecule has 2 aliphatic heterocycles. The van der Waals surface area contributed by atoms with Crippen molar-refractivity contribution in [2.24, 2.45) is 0 Å². The SMILES string of the molecule is Cc1cc(C)c2nc(N3C(=O)C(=O)C(=C(O)c4ccc5c(c4)C[C@@H](C)O5)[C@H]3c3ccc([N+](=O)[O-])cc3)sc2c1. The summed E-state index contributed by atoms with van der Waals surface area (Å²) in [5.74, 6) is -1.29. The maximum atomic E-state index is 13.5. The van der Waals surface area contributed by atoms with Gasteiger partial charge in [-0.05, 0) is 79.4 Å². The van der Waals surface area contributed by atoms with Gasteiger partial charge in [-0.3, -0.25) is 24.6 Å². The molecule has 0 bridgehead atoms. The predicted molar refractivity (Wildman–Crippen MR) is 147 cm³/mol. The van der Waals surface area contributed by atoms with Crippen LogP contribution in [0.5, 0.6) is 5.75 Å². The number of hydrogen-bond acceptors (Lipinski definition) is 8. The van der Waals surface area contributed by atoms with E-state index < -0.39 is 22.7 Å². The number of Topliss-reactive ketones (excluding diaryl/α,β-unsaturated/α-hetero) is 1. The highest BCUT2D eigenvalue weighted by Crippen LogP contribution is 2.45. The van der Waals surface area contributed by atoms with Gasteiger partial charge in [0.25, 0.3) is 11.5 Å². The second-order valence-electron chi connectivity index (χ2n) is 9.90. The highest BCUT2D eigenvalue weighted by atomic mass is 32.1. The summed E-state index contributed by atoms with van der Waals surface area (Å²) < 4.78 is 6.62. The number of amides is 1. The molecule has 6 rings (SSSR count). The second kappa shape index (κ2) is 9.02. The number of benzene rings is 3. The lowest BCUT2D eigenvalue weighted by Crippen LogP contribution is -2.29. The molecule has 2 atom stereocenters. The number of thiazole rings is 1. The molecule has 1 amide bonds. The van der Waals surface area contributed by atoms with Gasteiger partial charge in [-0.2, -0.15) is 0 Å². The largest absolute Gasteiger partial charge is 0.507 e. The van der Waals surface area contributed by atoms with E-state index in [2.05, 4.69) is 0 Å². The fourth-order valence-corrected chi connectivity index (χ4v) is 6.48. The van der Waals surface area contributed by atoms with Gasteiger partial charge >= 0.3 is 5.91 Å². The van der Waals surface area contributed by atoms with Crippen molar-refractivity contribution in [3.63, 3.8) is 0 Å². The number of nitro groups is 1. The third-order valence-corrected chi connectivity index (χ3v) is 8.06. The van der Waals surface area contributed by atoms with Crippen LogP contribution in [0, 0.1) is 24.0 Å². The molecule has 3 heterocycles. The van der Waals surface area contributed by atoms with Gasteiger partial charge in [-0.25, -0.2) is 4.98 Å². The van der Waals surface area contributed by atoms with Crippen molar-refractivity contribution in [1.29, 1.82) is 0 Å². The molecule has 2 aliphatic rings. The standard InChI is InChI=1S/C29H23N3O6S/c1-14-10-15(2)24-22(11-14)39-29(30-24)31-25(17-4-7-20(8-5-17)32(36)37)23(27(34)28(31)35)26(33)18-6-9-21-19(13-18)12-16(3)38-21/h4-11,13,16,25,33H,12H2,1-3H3/t16-,25-/m1/s1. The number of nitro benzene ring substituents is 1. The molecular weight excluding hydrogens is 518 g/mol. The summed E-state index contributed by atoms with van der Waals surface area (Å²) in [5, 5.41) is 23.1. The van der Waals surface area contributed by atoms with E-state index >= 15 is 0 Å². The van der Waals surface area contributed by atoms with E-state index in [1.807, 2.05) is 32.9 Å². The van der Waals surface area contributed by atoms with Crippen molar-refractivity contribution in [1.82, 2.24) is 4.98 Å². The number of aliphatic hydroxyl groups excluding tert-OH is 1. The van der Waals surface area contributed by atoms with Gasteiger partial charge in [0.2, 0.25) is 0 Å². The van der Waals surface area contributed by atoms with Gasteiger partial charge in [0.1, 0.15) is 17.6 Å². The number of fused-ring (bicyclic) bond motifs is 2. The number of aryl methyl sites for hydroxylation is 2. The molecular formula is C29H23N3O6S. The van der Waals surface area contributed by atoms with Crippen LogP contribution in [0.2, 0.25) is 0 Å². The summed E-state index contributed by atoms with van der Waals surface area (Å²) in [6.45, 7) is 5.84. The van der Waals surface area contributed by atoms with Crippen LogP contribution in [0.1, 0.15) is 40.8 Å². The van der Waals surface area contributed by atoms with Gasteiger partial charge in [0.05, 0.1) is 26.8 Å². The summed E-state index contributed by atoms with van der Waals surface area (Å²) >= 11 is 1.27. The zero-order valence-corrected chi connectivity index (χ0v) is 22.1. The first-order valence-electron chi connectivity index (χ1n) is 12.4. The third kappa shape index (κ3) is 4.04. The lowest BCUT2D eigenvalue weighted by atomic mass is 9.94. The quantitative estimate of drug-likeness (QED) is 0.114. The molecule has 9 nitrogen and oxygen atoms in total. The maximum absolute atomic E-state index is 13.5. The number of ketones is 1. The van der Waals surface area contributed by atoms with Crippen LogP contribution in [0.4, 0.5) is 10.8 Å². The Kier molecular flexibility index (Phi) is 5.72. The third-order valence-electron chi connectivity index (χ3n) is 7.06. The van der Waals surface area contributed by atoms with Crippen LogP contribution < -0.4 is 9.64 Å². The Morgan fingerprint density at radius 2 is 1.87 bits per heavy atom. The fraction of sp³-hybridized carbons (Fsp3) is 0.207. The number of aromatic nitrogens is 1. The molecule has 0 aliphatic carbocycles. The van der Waals surface area contributed by atoms with Crippen LogP contribution in [-0.2, 0) is 16.0 Å². The minimum Gasteiger partial charge on any atom is -0.507 e. The number of nitrogens with zero attached hydrogens (tertiary/aromatic N) is 3. The number of hydrogen-bond donors (Lipinski definition) is 1. The minimum atomic E-state index is -1.03. The number of non-ortho nitro benzene ring substituents is 1. The van der Waals surface area contributed by atoms with Gasteiger partial charge in [0.15, 0.2) is 5.13 Å². The predicted octanol–water partition coefficient (Wildman–Crippen LogP) is 5.77. The minimum absolute atomic E-state index is 0.00536. The number of rotatable bonds is 4. The highest BCUT2D eigenvalue weighted by Gasteiger charge is 2.48. The molecule has 4 aromatic rings. The van der Waals surface area contributed by atoms with Gasteiger partial charge in [-0.15, -0.1) is 0 Å². The summed E-state index contributed by atoms with van der Waals surface area (Å²) in [6, 6.07) is 13.7. The van der Waals surface area contributed by atoms with Crippen molar-refractivity contribution in [3.8, 4) is 5.75 Å². The second-order valence-corrected chi connectivity index (χ2v) is 10.9. The Hall–Kier alpha value is -4.57. The Balaban J connectivity index is 1.54. The number of anilines is 1. The zero-order valence-electron chi connectivity index (χ0n) is 21.3. The van der Waals surface area contributed by atoms with Crippen LogP contribution >= 0.6 is 11.3 Å². The molecule has 39 heavy (non-hydrogen) atoms. The van der Waals surface area contributed by atoms with Crippen LogP contribution in [-0.4, -0.2) is 32.8 Å². The average molecular weight is 542 g/mol. The molecule has 10 heteroatoms. The lowest BCUT2D eigenvalue weighted by molar-refractivity contribution is -0.384. The molecule has 1 fully saturated rings. The Morgan fingerprint density at radius 3 is 2.59 bits per heavy atom. The molecule has 0 spiro atoms. The van der Waals surface area contributed by atoms with E-state index in [9.17, 15) is 24.8 Å². The smallest absolute Gasteiger partial charge is 0.301 e. The van der Waals surface area contributed by atoms with Gasteiger partial charge in [-0.1, -0.05) is 17.4 Å². The molecule has 196 valence electrons. The van der Waals surface area contributed by atoms with Crippen molar-refractivity contribution in [2.45, 2.75) is 39.3 Å². The molecule has 1 saturated heterocycles. The summed E-state index contributed by atoms with van der Waals surface area (Å²) in [4.78, 5) is 43.8. The van der Waals surface area contributed by atoms with Crippen molar-refractivity contribution in [3.05, 3.63) is 98.1 Å². The number of ether oxygens (including phenoxy) is 1. The fourth-order valence-electron chi connectivity index (χ4n) is 5.31. The highest BCUT2D eigenvalue weighted by molar-refractivity contribution is 7.22. The first-order valence-corrected chi connectivity index (χ1v) is 13.2. The molecule has 0 saturated carbocycles. The summed E-state index contributed by atoms with van der Waals surface area (Å²) in [6.07, 6.45) is 0.648. The van der Waals surface area contributed by atoms with Gasteiger partial charge < -0.3 is 9.84 Å². The molecule has 0 unspecified atom stereocenters. The maximum Gasteiger partial charge on any atom is 0.301 e. The van der Waals surface area contributed by atoms with E-state index in [4.69, 9.17) is 9.72 Å². The number of carbonyl (C=O) groups excluding carboxylic acids is 2. The first kappa shape index (κ1) is 24.7. The molecule has 3 aromatic carbocycles. The number of carbonyl (C=O) groups is 2. The topological polar surface area (TPSA) is 123 Å². The van der Waals surface area contributed by atoms with Crippen LogP contribution in [0.15, 0.2) is 60.2 Å². The van der Waals surface area contributed by atoms with Crippen molar-refractivity contribution in [2.75, 3.05) is 4.90 Å². The Morgan fingerprint density at radius 1 is 1.13 bits per heavy atom. The Labute approximate surface area is 227 Å². The van der Waals surface area contributed by atoms with E-state index in [0.717, 1.165) is 26.9 Å². The molecule has 1 N–H and O–H groups in total. The Bertz CT molecular complexity index is 1740. The van der Waals surface area contributed by atoms with E-state index in [-0.39, 0.29) is 23.1 Å². The van der Waals surface area contributed by atoms with Crippen LogP contribution in [0.25, 0.3) is 16.0 Å². The van der Waals surface area contributed by atoms with E-state index in [1.165, 1.54) is 40.5 Å². The molecule has 1 aromatic heterocycles. The first-order chi connectivity index (χ1) is 18.6. The van der Waals surface area contributed by atoms with Crippen molar-refractivity contribution < 1.29 is 24.4 Å². The lowest BCUT2D eigenvalue weighted by Gasteiger charge is -2.23.